The van der Waals surface area contributed by atoms with Crippen molar-refractivity contribution in [3.05, 3.63) is 0 Å². The maximum Gasteiger partial charge on any atom is 0.306 e. The van der Waals surface area contributed by atoms with Crippen LogP contribution in [0.15, 0.2) is 0 Å². The molecule has 0 aliphatic carbocycles. The van der Waals surface area contributed by atoms with Crippen molar-refractivity contribution in [3.8, 4) is 0 Å². The molecule has 0 aliphatic heterocycles. The molecule has 0 bridgehead atoms. The van der Waals surface area contributed by atoms with Gasteiger partial charge in [0.05, 0.1) is 0 Å². The fourth-order valence-corrected chi connectivity index (χ4v) is 6.80. The number of hydrogen-bond acceptors (Lipinski definition) is 6. The minimum absolute atomic E-state index is 0.0640. The van der Waals surface area contributed by atoms with Crippen LogP contribution in [0.1, 0.15) is 252 Å². The zero-order chi connectivity index (χ0) is 38.2. The number of rotatable bonds is 41. The summed E-state index contributed by atoms with van der Waals surface area (Å²) in [5, 5.41) is 0. The molecule has 0 saturated carbocycles. The third-order valence-corrected chi connectivity index (χ3v) is 10.3. The number of ether oxygens (including phenoxy) is 3. The van der Waals surface area contributed by atoms with Crippen molar-refractivity contribution in [2.24, 2.45) is 5.92 Å². The summed E-state index contributed by atoms with van der Waals surface area (Å²) < 4.78 is 16.7. The van der Waals surface area contributed by atoms with Gasteiger partial charge in [0, 0.05) is 19.3 Å². The van der Waals surface area contributed by atoms with Crippen LogP contribution in [0.5, 0.6) is 0 Å². The van der Waals surface area contributed by atoms with Gasteiger partial charge in [-0.1, -0.05) is 214 Å². The van der Waals surface area contributed by atoms with Gasteiger partial charge in [-0.3, -0.25) is 14.4 Å². The van der Waals surface area contributed by atoms with Crippen molar-refractivity contribution in [1.82, 2.24) is 0 Å². The quantitative estimate of drug-likeness (QED) is 0.0353. The van der Waals surface area contributed by atoms with Crippen LogP contribution in [0.3, 0.4) is 0 Å². The number of carbonyl (C=O) groups excluding carboxylic acids is 3. The molecule has 0 fully saturated rings. The van der Waals surface area contributed by atoms with E-state index >= 15 is 0 Å². The summed E-state index contributed by atoms with van der Waals surface area (Å²) in [6.45, 7) is 8.95. The maximum absolute atomic E-state index is 12.7. The molecule has 0 amide bonds. The van der Waals surface area contributed by atoms with E-state index in [1.54, 1.807) is 0 Å². The molecule has 0 rings (SSSR count). The lowest BCUT2D eigenvalue weighted by Gasteiger charge is -2.18. The highest BCUT2D eigenvalue weighted by Gasteiger charge is 2.19. The van der Waals surface area contributed by atoms with Crippen LogP contribution in [0.4, 0.5) is 0 Å². The fraction of sp³-hybridized carbons (Fsp3) is 0.935. The standard InChI is InChI=1S/C46H88O6/c1-5-7-9-11-13-15-17-19-21-27-31-35-39-46(49)52-43(40-50-44(47)37-33-29-25-20-18-16-14-12-10-8-6-2)41-51-45(48)38-34-30-26-23-22-24-28-32-36-42(3)4/h42-43H,5-41H2,1-4H3/t43-/m1/s1. The van der Waals surface area contributed by atoms with Crippen molar-refractivity contribution in [1.29, 1.82) is 0 Å². The Labute approximate surface area is 323 Å². The topological polar surface area (TPSA) is 78.9 Å². The van der Waals surface area contributed by atoms with Crippen LogP contribution < -0.4 is 0 Å². The Kier molecular flexibility index (Phi) is 39.4. The van der Waals surface area contributed by atoms with Crippen molar-refractivity contribution >= 4 is 17.9 Å². The molecule has 0 saturated heterocycles. The van der Waals surface area contributed by atoms with E-state index in [2.05, 4.69) is 27.7 Å². The average molecular weight is 737 g/mol. The van der Waals surface area contributed by atoms with Gasteiger partial charge in [-0.05, 0) is 25.2 Å². The van der Waals surface area contributed by atoms with Crippen molar-refractivity contribution in [2.75, 3.05) is 13.2 Å². The Morgan fingerprint density at radius 1 is 0.365 bits per heavy atom. The van der Waals surface area contributed by atoms with Gasteiger partial charge in [0.15, 0.2) is 6.10 Å². The smallest absolute Gasteiger partial charge is 0.306 e. The summed E-state index contributed by atoms with van der Waals surface area (Å²) in [5.41, 5.74) is 0. The van der Waals surface area contributed by atoms with E-state index in [9.17, 15) is 14.4 Å². The Hall–Kier alpha value is -1.59. The molecule has 308 valence electrons. The Morgan fingerprint density at radius 2 is 0.635 bits per heavy atom. The summed E-state index contributed by atoms with van der Waals surface area (Å²) in [4.78, 5) is 37.7. The summed E-state index contributed by atoms with van der Waals surface area (Å²) in [5.74, 6) is -0.0591. The van der Waals surface area contributed by atoms with Crippen LogP contribution in [0.2, 0.25) is 0 Å². The van der Waals surface area contributed by atoms with E-state index in [0.29, 0.717) is 19.3 Å². The highest BCUT2D eigenvalue weighted by atomic mass is 16.6. The molecule has 0 radical (unpaired) electrons. The van der Waals surface area contributed by atoms with Gasteiger partial charge < -0.3 is 14.2 Å². The van der Waals surface area contributed by atoms with Gasteiger partial charge in [0.2, 0.25) is 0 Å². The van der Waals surface area contributed by atoms with E-state index in [1.165, 1.54) is 148 Å². The van der Waals surface area contributed by atoms with Gasteiger partial charge >= 0.3 is 17.9 Å². The number of unbranched alkanes of at least 4 members (excludes halogenated alkanes) is 28. The molecular weight excluding hydrogens is 648 g/mol. The van der Waals surface area contributed by atoms with E-state index in [0.717, 1.165) is 63.7 Å². The molecule has 6 nitrogen and oxygen atoms in total. The van der Waals surface area contributed by atoms with Gasteiger partial charge in [-0.15, -0.1) is 0 Å². The van der Waals surface area contributed by atoms with Crippen LogP contribution >= 0.6 is 0 Å². The molecule has 0 aliphatic rings. The molecule has 0 N–H and O–H groups in total. The minimum Gasteiger partial charge on any atom is -0.462 e. The zero-order valence-electron chi connectivity index (χ0n) is 35.3. The summed E-state index contributed by atoms with van der Waals surface area (Å²) in [7, 11) is 0. The number of hydrogen-bond donors (Lipinski definition) is 0. The van der Waals surface area contributed by atoms with Crippen molar-refractivity contribution in [3.63, 3.8) is 0 Å². The lowest BCUT2D eigenvalue weighted by Crippen LogP contribution is -2.30. The molecule has 0 unspecified atom stereocenters. The van der Waals surface area contributed by atoms with Crippen molar-refractivity contribution in [2.45, 2.75) is 259 Å². The fourth-order valence-electron chi connectivity index (χ4n) is 6.80. The van der Waals surface area contributed by atoms with Crippen LogP contribution in [0, 0.1) is 5.92 Å². The predicted octanol–water partition coefficient (Wildman–Crippen LogP) is 14.3. The second-order valence-corrected chi connectivity index (χ2v) is 16.2. The zero-order valence-corrected chi connectivity index (χ0v) is 35.3. The molecule has 6 heteroatoms. The van der Waals surface area contributed by atoms with E-state index in [1.807, 2.05) is 0 Å². The molecule has 0 aromatic heterocycles. The second kappa shape index (κ2) is 40.6. The Morgan fingerprint density at radius 3 is 0.942 bits per heavy atom. The largest absolute Gasteiger partial charge is 0.462 e. The van der Waals surface area contributed by atoms with Gasteiger partial charge in [-0.25, -0.2) is 0 Å². The number of esters is 3. The first kappa shape index (κ1) is 50.4. The average Bonchev–Trinajstić information content (AvgIpc) is 3.12. The highest BCUT2D eigenvalue weighted by molar-refractivity contribution is 5.71. The third-order valence-electron chi connectivity index (χ3n) is 10.3. The molecule has 0 aromatic rings. The Bertz CT molecular complexity index is 781. The molecule has 52 heavy (non-hydrogen) atoms. The Balaban J connectivity index is 4.33. The monoisotopic (exact) mass is 737 g/mol. The third kappa shape index (κ3) is 39.6. The highest BCUT2D eigenvalue weighted by Crippen LogP contribution is 2.16. The lowest BCUT2D eigenvalue weighted by molar-refractivity contribution is -0.167. The van der Waals surface area contributed by atoms with Gasteiger partial charge in [0.1, 0.15) is 13.2 Å². The maximum atomic E-state index is 12.7. The predicted molar refractivity (Wildman–Crippen MR) is 220 cm³/mol. The lowest BCUT2D eigenvalue weighted by atomic mass is 10.0. The van der Waals surface area contributed by atoms with Gasteiger partial charge in [-0.2, -0.15) is 0 Å². The van der Waals surface area contributed by atoms with Gasteiger partial charge in [0.25, 0.3) is 0 Å². The number of carbonyl (C=O) groups is 3. The first-order chi connectivity index (χ1) is 25.4. The molecule has 1 atom stereocenters. The van der Waals surface area contributed by atoms with Crippen LogP contribution in [0.25, 0.3) is 0 Å². The molecule has 0 heterocycles. The summed E-state index contributed by atoms with van der Waals surface area (Å²) in [6.07, 6.45) is 39.4. The summed E-state index contributed by atoms with van der Waals surface area (Å²) in [6, 6.07) is 0. The van der Waals surface area contributed by atoms with Crippen LogP contribution in [-0.2, 0) is 28.6 Å². The van der Waals surface area contributed by atoms with E-state index in [4.69, 9.17) is 14.2 Å². The first-order valence-electron chi connectivity index (χ1n) is 22.9. The molecule has 0 spiro atoms. The normalized spacial score (nSPS) is 11.9. The first-order valence-corrected chi connectivity index (χ1v) is 22.9. The SMILES string of the molecule is CCCCCCCCCCCCCCC(=O)O[C@H](COC(=O)CCCCCCCCCCCCC)COC(=O)CCCCCCCCCCC(C)C. The second-order valence-electron chi connectivity index (χ2n) is 16.2. The van der Waals surface area contributed by atoms with E-state index < -0.39 is 6.10 Å². The molecular formula is C46H88O6. The molecule has 0 aromatic carbocycles. The van der Waals surface area contributed by atoms with Crippen molar-refractivity contribution < 1.29 is 28.6 Å². The minimum atomic E-state index is -0.759. The van der Waals surface area contributed by atoms with E-state index in [-0.39, 0.29) is 31.1 Å². The van der Waals surface area contributed by atoms with Crippen LogP contribution in [-0.4, -0.2) is 37.2 Å². The summed E-state index contributed by atoms with van der Waals surface area (Å²) >= 11 is 0.